The van der Waals surface area contributed by atoms with Gasteiger partial charge in [-0.3, -0.25) is 14.6 Å². The third-order valence-corrected chi connectivity index (χ3v) is 6.18. The Kier molecular flexibility index (Phi) is 6.40. The van der Waals surface area contributed by atoms with Crippen LogP contribution in [0.3, 0.4) is 0 Å². The topological polar surface area (TPSA) is 86.4 Å². The highest BCUT2D eigenvalue weighted by atomic mass is 16.2. The zero-order valence-electron chi connectivity index (χ0n) is 17.3. The number of likely N-dealkylation sites (tertiary alicyclic amines) is 1. The summed E-state index contributed by atoms with van der Waals surface area (Å²) in [5.74, 6) is 0.159. The van der Waals surface area contributed by atoms with Gasteiger partial charge in [-0.05, 0) is 48.9 Å². The number of carbonyl (C=O) groups excluding carboxylic acids is 2. The molecule has 7 heteroatoms. The third-order valence-electron chi connectivity index (χ3n) is 6.18. The third kappa shape index (κ3) is 4.68. The van der Waals surface area contributed by atoms with Crippen LogP contribution in [-0.2, 0) is 16.1 Å². The lowest BCUT2D eigenvalue weighted by atomic mass is 9.94. The summed E-state index contributed by atoms with van der Waals surface area (Å²) in [6.07, 6.45) is 5.68. The van der Waals surface area contributed by atoms with Crippen LogP contribution in [0.1, 0.15) is 42.0 Å². The Morgan fingerprint density at radius 1 is 1.13 bits per heavy atom. The number of benzene rings is 1. The molecule has 2 unspecified atom stereocenters. The first kappa shape index (κ1) is 20.5. The minimum Gasteiger partial charge on any atom is -0.352 e. The molecule has 2 aliphatic rings. The van der Waals surface area contributed by atoms with E-state index in [4.69, 9.17) is 0 Å². The highest BCUT2D eigenvalue weighted by Crippen LogP contribution is 2.24. The van der Waals surface area contributed by atoms with Gasteiger partial charge in [0.1, 0.15) is 6.04 Å². The van der Waals surface area contributed by atoms with E-state index in [-0.39, 0.29) is 29.8 Å². The van der Waals surface area contributed by atoms with Crippen LogP contribution in [0.25, 0.3) is 0 Å². The van der Waals surface area contributed by atoms with E-state index in [0.717, 1.165) is 11.1 Å². The lowest BCUT2D eigenvalue weighted by Crippen LogP contribution is -2.49. The Bertz CT molecular complexity index is 880. The molecule has 3 heterocycles. The molecule has 158 valence electrons. The molecule has 1 aromatic heterocycles. The summed E-state index contributed by atoms with van der Waals surface area (Å²) in [5, 5.41) is 3.06. The fourth-order valence-electron chi connectivity index (χ4n) is 4.24. The van der Waals surface area contributed by atoms with Crippen LogP contribution in [0.15, 0.2) is 48.8 Å². The van der Waals surface area contributed by atoms with Gasteiger partial charge >= 0.3 is 0 Å². The molecule has 1 aromatic carbocycles. The maximum Gasteiger partial charge on any atom is 0.241 e. The van der Waals surface area contributed by atoms with E-state index in [1.165, 1.54) is 5.56 Å². The molecule has 0 radical (unpaired) electrons. The zero-order valence-corrected chi connectivity index (χ0v) is 17.3. The van der Waals surface area contributed by atoms with Crippen molar-refractivity contribution in [2.24, 2.45) is 5.92 Å². The van der Waals surface area contributed by atoms with Gasteiger partial charge in [0.25, 0.3) is 0 Å². The number of aryl methyl sites for hydroxylation is 1. The quantitative estimate of drug-likeness (QED) is 0.704. The molecule has 0 bridgehead atoms. The highest BCUT2D eigenvalue weighted by Gasteiger charge is 2.35. The Morgan fingerprint density at radius 2 is 1.93 bits per heavy atom. The number of hydrogen-bond acceptors (Lipinski definition) is 5. The SMILES string of the molecule is Cc1ccccc1CNC(=O)C1CCN(C(=O)C2CC(c3cccnc3)NN2)CC1. The summed E-state index contributed by atoms with van der Waals surface area (Å²) in [7, 11) is 0. The molecule has 2 atom stereocenters. The average molecular weight is 408 g/mol. The van der Waals surface area contributed by atoms with Gasteiger partial charge in [0.2, 0.25) is 11.8 Å². The fraction of sp³-hybridized carbons (Fsp3) is 0.435. The summed E-state index contributed by atoms with van der Waals surface area (Å²) < 4.78 is 0. The summed E-state index contributed by atoms with van der Waals surface area (Å²) in [6.45, 7) is 3.85. The molecule has 2 fully saturated rings. The second-order valence-corrected chi connectivity index (χ2v) is 8.16. The molecule has 0 aliphatic carbocycles. The molecule has 30 heavy (non-hydrogen) atoms. The second kappa shape index (κ2) is 9.36. The lowest BCUT2D eigenvalue weighted by Gasteiger charge is -2.33. The van der Waals surface area contributed by atoms with Crippen molar-refractivity contribution in [2.75, 3.05) is 13.1 Å². The van der Waals surface area contributed by atoms with Crippen molar-refractivity contribution < 1.29 is 9.59 Å². The van der Waals surface area contributed by atoms with Gasteiger partial charge in [-0.2, -0.15) is 0 Å². The van der Waals surface area contributed by atoms with E-state index in [1.54, 1.807) is 6.20 Å². The van der Waals surface area contributed by atoms with Gasteiger partial charge in [0.05, 0.1) is 0 Å². The zero-order chi connectivity index (χ0) is 20.9. The van der Waals surface area contributed by atoms with E-state index in [2.05, 4.69) is 34.1 Å². The first-order valence-electron chi connectivity index (χ1n) is 10.6. The Morgan fingerprint density at radius 3 is 2.67 bits per heavy atom. The summed E-state index contributed by atoms with van der Waals surface area (Å²) in [5.41, 5.74) is 9.73. The number of hydrazine groups is 1. The second-order valence-electron chi connectivity index (χ2n) is 8.16. The summed E-state index contributed by atoms with van der Waals surface area (Å²) in [4.78, 5) is 31.5. The van der Waals surface area contributed by atoms with Crippen molar-refractivity contribution in [1.82, 2.24) is 26.1 Å². The van der Waals surface area contributed by atoms with Gasteiger partial charge in [-0.15, -0.1) is 0 Å². The lowest BCUT2D eigenvalue weighted by molar-refractivity contribution is -0.137. The van der Waals surface area contributed by atoms with Gasteiger partial charge in [-0.1, -0.05) is 30.3 Å². The summed E-state index contributed by atoms with van der Waals surface area (Å²) in [6, 6.07) is 11.8. The first-order valence-corrected chi connectivity index (χ1v) is 10.6. The maximum absolute atomic E-state index is 12.9. The molecule has 2 aromatic rings. The smallest absolute Gasteiger partial charge is 0.241 e. The van der Waals surface area contributed by atoms with Crippen molar-refractivity contribution >= 4 is 11.8 Å². The molecule has 0 saturated carbocycles. The van der Waals surface area contributed by atoms with Crippen molar-refractivity contribution in [3.05, 3.63) is 65.5 Å². The predicted octanol–water partition coefficient (Wildman–Crippen LogP) is 1.85. The molecule has 2 saturated heterocycles. The van der Waals surface area contributed by atoms with E-state index < -0.39 is 0 Å². The molecule has 0 spiro atoms. The van der Waals surface area contributed by atoms with E-state index in [1.807, 2.05) is 41.4 Å². The van der Waals surface area contributed by atoms with E-state index in [9.17, 15) is 9.59 Å². The Balaban J connectivity index is 1.24. The minimum atomic E-state index is -0.248. The van der Waals surface area contributed by atoms with E-state index in [0.29, 0.717) is 38.9 Å². The Labute approximate surface area is 177 Å². The van der Waals surface area contributed by atoms with Crippen LogP contribution >= 0.6 is 0 Å². The number of rotatable bonds is 5. The minimum absolute atomic E-state index is 0.0316. The van der Waals surface area contributed by atoms with Crippen LogP contribution < -0.4 is 16.2 Å². The van der Waals surface area contributed by atoms with Crippen molar-refractivity contribution in [3.8, 4) is 0 Å². The number of carbonyl (C=O) groups is 2. The van der Waals surface area contributed by atoms with E-state index >= 15 is 0 Å². The molecular weight excluding hydrogens is 378 g/mol. The van der Waals surface area contributed by atoms with Crippen molar-refractivity contribution in [3.63, 3.8) is 0 Å². The average Bonchev–Trinajstić information content (AvgIpc) is 3.29. The van der Waals surface area contributed by atoms with Crippen molar-refractivity contribution in [2.45, 2.75) is 44.8 Å². The largest absolute Gasteiger partial charge is 0.352 e. The van der Waals surface area contributed by atoms with Crippen LogP contribution in [-0.4, -0.2) is 40.8 Å². The van der Waals surface area contributed by atoms with Gasteiger partial charge < -0.3 is 10.2 Å². The van der Waals surface area contributed by atoms with Crippen LogP contribution in [0.2, 0.25) is 0 Å². The molecule has 7 nitrogen and oxygen atoms in total. The van der Waals surface area contributed by atoms with Crippen LogP contribution in [0, 0.1) is 12.8 Å². The molecule has 2 amide bonds. The standard InChI is InChI=1S/C23H29N5O2/c1-16-5-2-3-6-18(16)15-25-22(29)17-8-11-28(12-9-17)23(30)21-13-20(26-27-21)19-7-4-10-24-14-19/h2-7,10,14,17,20-21,26-27H,8-9,11-13,15H2,1H3,(H,25,29). The van der Waals surface area contributed by atoms with Gasteiger partial charge in [0, 0.05) is 44.0 Å². The van der Waals surface area contributed by atoms with Gasteiger partial charge in [-0.25, -0.2) is 10.9 Å². The molecular formula is C23H29N5O2. The normalized spacial score (nSPS) is 22.1. The molecule has 3 N–H and O–H groups in total. The van der Waals surface area contributed by atoms with Crippen LogP contribution in [0.5, 0.6) is 0 Å². The number of nitrogens with zero attached hydrogens (tertiary/aromatic N) is 2. The number of amides is 2. The number of pyridine rings is 1. The van der Waals surface area contributed by atoms with Crippen LogP contribution in [0.4, 0.5) is 0 Å². The number of aromatic nitrogens is 1. The number of piperidine rings is 1. The Hall–Kier alpha value is -2.77. The molecule has 2 aliphatic heterocycles. The predicted molar refractivity (Wildman–Crippen MR) is 114 cm³/mol. The summed E-state index contributed by atoms with van der Waals surface area (Å²) >= 11 is 0. The first-order chi connectivity index (χ1) is 14.6. The number of nitrogens with one attached hydrogen (secondary N) is 3. The highest BCUT2D eigenvalue weighted by molar-refractivity contribution is 5.83. The van der Waals surface area contributed by atoms with Crippen molar-refractivity contribution in [1.29, 1.82) is 0 Å². The number of hydrogen-bond donors (Lipinski definition) is 3. The fourth-order valence-corrected chi connectivity index (χ4v) is 4.24. The van der Waals surface area contributed by atoms with Gasteiger partial charge in [0.15, 0.2) is 0 Å². The maximum atomic E-state index is 12.9. The monoisotopic (exact) mass is 407 g/mol. The molecule has 4 rings (SSSR count).